The van der Waals surface area contributed by atoms with E-state index < -0.39 is 23.2 Å². The van der Waals surface area contributed by atoms with Crippen molar-refractivity contribution < 1.29 is 53.6 Å². The quantitative estimate of drug-likeness (QED) is 0.141. The number of benzene rings is 1. The maximum absolute atomic E-state index is 11.8. The smallest absolute Gasteiger partial charge is 0.338 e. The lowest BCUT2D eigenvalue weighted by Crippen LogP contribution is -2.15. The molecule has 0 aliphatic heterocycles. The van der Waals surface area contributed by atoms with Crippen LogP contribution in [0.3, 0.4) is 0 Å². The van der Waals surface area contributed by atoms with Crippen LogP contribution in [0.15, 0.2) is 12.1 Å². The Balaban J connectivity index is 1.88. The lowest BCUT2D eigenvalue weighted by molar-refractivity contribution is -0.0167. The Morgan fingerprint density at radius 2 is 1.00 bits per heavy atom. The fraction of sp³-hybridized carbons (Fsp3) is 0.632. The SMILES string of the molecule is O=C(OCCOCCOCCOCCOCCOCCO)c1cc(O)c(O)c(O)c1. The molecule has 0 bridgehead atoms. The first-order valence-electron chi connectivity index (χ1n) is 9.48. The molecule has 1 aromatic carbocycles. The molecule has 0 spiro atoms. The van der Waals surface area contributed by atoms with E-state index in [1.54, 1.807) is 0 Å². The number of aromatic hydroxyl groups is 3. The van der Waals surface area contributed by atoms with E-state index in [9.17, 15) is 20.1 Å². The van der Waals surface area contributed by atoms with Crippen molar-refractivity contribution in [1.82, 2.24) is 0 Å². The molecule has 0 aromatic heterocycles. The highest BCUT2D eigenvalue weighted by molar-refractivity contribution is 5.91. The Hall–Kier alpha value is -2.15. The summed E-state index contributed by atoms with van der Waals surface area (Å²) in [5.41, 5.74) is -0.0911. The van der Waals surface area contributed by atoms with Gasteiger partial charge in [-0.25, -0.2) is 4.79 Å². The zero-order valence-electron chi connectivity index (χ0n) is 16.8. The van der Waals surface area contributed by atoms with Crippen molar-refractivity contribution in [1.29, 1.82) is 0 Å². The van der Waals surface area contributed by atoms with Crippen molar-refractivity contribution in [2.24, 2.45) is 0 Å². The van der Waals surface area contributed by atoms with Crippen LogP contribution < -0.4 is 0 Å². The highest BCUT2D eigenvalue weighted by atomic mass is 16.6. The molecule has 0 unspecified atom stereocenters. The second kappa shape index (κ2) is 16.6. The summed E-state index contributed by atoms with van der Waals surface area (Å²) in [6.45, 7) is 3.74. The van der Waals surface area contributed by atoms with Gasteiger partial charge in [-0.3, -0.25) is 0 Å². The maximum atomic E-state index is 11.8. The molecular formula is C19H30O11. The molecule has 0 radical (unpaired) electrons. The third-order valence-electron chi connectivity index (χ3n) is 3.49. The van der Waals surface area contributed by atoms with Crippen LogP contribution in [0.4, 0.5) is 0 Å². The highest BCUT2D eigenvalue weighted by Gasteiger charge is 2.14. The standard InChI is InChI=1S/C19H30O11/c20-1-2-25-3-4-26-5-6-27-7-8-28-9-10-29-11-12-30-19(24)15-13-16(21)18(23)17(22)14-15/h13-14,20-23H,1-12H2. The van der Waals surface area contributed by atoms with Crippen LogP contribution in [0.1, 0.15) is 10.4 Å². The van der Waals surface area contributed by atoms with E-state index in [1.165, 1.54) is 0 Å². The molecule has 0 atom stereocenters. The molecule has 0 saturated carbocycles. The highest BCUT2D eigenvalue weighted by Crippen LogP contribution is 2.35. The number of esters is 1. The van der Waals surface area contributed by atoms with Crippen molar-refractivity contribution in [2.75, 3.05) is 79.3 Å². The molecule has 1 rings (SSSR count). The third kappa shape index (κ3) is 11.8. The summed E-state index contributed by atoms with van der Waals surface area (Å²) < 4.78 is 31.1. The average molecular weight is 434 g/mol. The molecule has 0 amide bonds. The Bertz CT molecular complexity index is 571. The van der Waals surface area contributed by atoms with Crippen LogP contribution in [0.25, 0.3) is 0 Å². The van der Waals surface area contributed by atoms with Crippen LogP contribution in [-0.2, 0) is 28.4 Å². The van der Waals surface area contributed by atoms with Crippen molar-refractivity contribution in [3.8, 4) is 17.2 Å². The summed E-state index contributed by atoms with van der Waals surface area (Å²) >= 11 is 0. The normalized spacial score (nSPS) is 11.0. The minimum absolute atomic E-state index is 0.000855. The number of phenolic OH excluding ortho intramolecular Hbond substituents is 3. The van der Waals surface area contributed by atoms with Gasteiger partial charge < -0.3 is 48.8 Å². The lowest BCUT2D eigenvalue weighted by atomic mass is 10.2. The monoisotopic (exact) mass is 434 g/mol. The van der Waals surface area contributed by atoms with Gasteiger partial charge >= 0.3 is 5.97 Å². The molecule has 11 heteroatoms. The molecule has 11 nitrogen and oxygen atoms in total. The second-order valence-corrected chi connectivity index (χ2v) is 5.78. The Morgan fingerprint density at radius 3 is 1.40 bits per heavy atom. The number of hydrogen-bond acceptors (Lipinski definition) is 11. The van der Waals surface area contributed by atoms with Crippen molar-refractivity contribution in [2.45, 2.75) is 0 Å². The molecule has 0 aliphatic carbocycles. The molecule has 0 aliphatic rings. The number of hydrogen-bond donors (Lipinski definition) is 4. The number of phenols is 3. The molecule has 1 aromatic rings. The van der Waals surface area contributed by atoms with Gasteiger partial charge in [0.1, 0.15) is 6.61 Å². The van der Waals surface area contributed by atoms with E-state index >= 15 is 0 Å². The van der Waals surface area contributed by atoms with Gasteiger partial charge in [-0.2, -0.15) is 0 Å². The number of aliphatic hydroxyl groups is 1. The van der Waals surface area contributed by atoms with Gasteiger partial charge in [0.05, 0.1) is 78.2 Å². The summed E-state index contributed by atoms with van der Waals surface area (Å²) in [4.78, 5) is 11.8. The van der Waals surface area contributed by atoms with Crippen LogP contribution in [0.5, 0.6) is 17.2 Å². The van der Waals surface area contributed by atoms with Gasteiger partial charge in [0, 0.05) is 0 Å². The summed E-state index contributed by atoms with van der Waals surface area (Å²) in [5.74, 6) is -2.69. The molecule has 0 heterocycles. The van der Waals surface area contributed by atoms with Crippen molar-refractivity contribution in [3.05, 3.63) is 17.7 Å². The third-order valence-corrected chi connectivity index (χ3v) is 3.49. The zero-order chi connectivity index (χ0) is 22.0. The van der Waals surface area contributed by atoms with Gasteiger partial charge in [-0.1, -0.05) is 0 Å². The molecule has 4 N–H and O–H groups in total. The molecule has 0 saturated heterocycles. The number of ether oxygens (including phenoxy) is 6. The van der Waals surface area contributed by atoms with Crippen molar-refractivity contribution in [3.63, 3.8) is 0 Å². The van der Waals surface area contributed by atoms with Crippen LogP contribution in [0, 0.1) is 0 Å². The van der Waals surface area contributed by atoms with Gasteiger partial charge in [-0.15, -0.1) is 0 Å². The maximum Gasteiger partial charge on any atom is 0.338 e. The first-order valence-corrected chi connectivity index (χ1v) is 9.48. The number of carbonyl (C=O) groups is 1. The van der Waals surface area contributed by atoms with Crippen molar-refractivity contribution >= 4 is 5.97 Å². The minimum Gasteiger partial charge on any atom is -0.504 e. The molecule has 172 valence electrons. The van der Waals surface area contributed by atoms with Gasteiger partial charge in [0.25, 0.3) is 0 Å². The molecular weight excluding hydrogens is 404 g/mol. The lowest BCUT2D eigenvalue weighted by Gasteiger charge is -2.09. The Morgan fingerprint density at radius 1 is 0.633 bits per heavy atom. The summed E-state index contributed by atoms with van der Waals surface area (Å²) in [6.07, 6.45) is 0. The first kappa shape index (κ1) is 25.9. The predicted molar refractivity (Wildman–Crippen MR) is 103 cm³/mol. The van der Waals surface area contributed by atoms with Gasteiger partial charge in [-0.05, 0) is 12.1 Å². The second-order valence-electron chi connectivity index (χ2n) is 5.78. The number of rotatable bonds is 18. The molecule has 30 heavy (non-hydrogen) atoms. The van der Waals surface area contributed by atoms with E-state index in [1.807, 2.05) is 0 Å². The Kier molecular flexibility index (Phi) is 14.3. The first-order chi connectivity index (χ1) is 14.6. The fourth-order valence-corrected chi connectivity index (χ4v) is 2.04. The number of carbonyl (C=O) groups excluding carboxylic acids is 1. The summed E-state index contributed by atoms with van der Waals surface area (Å²) in [5, 5.41) is 36.5. The molecule has 0 fully saturated rings. The van der Waals surface area contributed by atoms with Crippen LogP contribution >= 0.6 is 0 Å². The van der Waals surface area contributed by atoms with E-state index in [4.69, 9.17) is 33.5 Å². The predicted octanol–water partition coefficient (Wildman–Crippen LogP) is 0.0355. The van der Waals surface area contributed by atoms with Gasteiger partial charge in [0.15, 0.2) is 17.2 Å². The summed E-state index contributed by atoms with van der Waals surface area (Å²) in [7, 11) is 0. The number of aliphatic hydroxyl groups excluding tert-OH is 1. The largest absolute Gasteiger partial charge is 0.504 e. The van der Waals surface area contributed by atoms with E-state index in [0.717, 1.165) is 12.1 Å². The van der Waals surface area contributed by atoms with Crippen LogP contribution in [0.2, 0.25) is 0 Å². The average Bonchev–Trinajstić information content (AvgIpc) is 2.73. The summed E-state index contributed by atoms with van der Waals surface area (Å²) in [6, 6.07) is 1.99. The minimum atomic E-state index is -0.765. The van der Waals surface area contributed by atoms with E-state index in [2.05, 4.69) is 0 Å². The van der Waals surface area contributed by atoms with E-state index in [0.29, 0.717) is 59.5 Å². The zero-order valence-corrected chi connectivity index (χ0v) is 16.8. The topological polar surface area (TPSA) is 153 Å². The van der Waals surface area contributed by atoms with E-state index in [-0.39, 0.29) is 25.4 Å². The fourth-order valence-electron chi connectivity index (χ4n) is 2.04. The van der Waals surface area contributed by atoms with Crippen LogP contribution in [-0.4, -0.2) is 106 Å². The Labute approximate surface area is 174 Å². The van der Waals surface area contributed by atoms with Gasteiger partial charge in [0.2, 0.25) is 0 Å².